The molecule has 5 aliphatic rings. The molecule has 8 heteroatoms. The van der Waals surface area contributed by atoms with Crippen LogP contribution < -0.4 is 9.46 Å². The molecule has 4 heterocycles. The van der Waals surface area contributed by atoms with Gasteiger partial charge in [-0.1, -0.05) is 6.07 Å². The van der Waals surface area contributed by atoms with Crippen LogP contribution in [0.4, 0.5) is 10.1 Å². The van der Waals surface area contributed by atoms with Crippen molar-refractivity contribution < 1.29 is 23.6 Å². The first kappa shape index (κ1) is 21.3. The summed E-state index contributed by atoms with van der Waals surface area (Å²) in [5.41, 5.74) is 1.93. The lowest BCUT2D eigenvalue weighted by atomic mass is 9.76. The minimum Gasteiger partial charge on any atom is -0.588 e. The quantitative estimate of drug-likeness (QED) is 0.620. The van der Waals surface area contributed by atoms with Gasteiger partial charge in [-0.25, -0.2) is 13.9 Å². The molecule has 0 spiro atoms. The van der Waals surface area contributed by atoms with Crippen LogP contribution >= 0.6 is 0 Å². The number of anilines is 1. The highest BCUT2D eigenvalue weighted by Crippen LogP contribution is 2.55. The fourth-order valence-electron chi connectivity index (χ4n) is 5.99. The van der Waals surface area contributed by atoms with E-state index < -0.39 is 17.3 Å². The minimum atomic E-state index is -1.74. The molecule has 2 aromatic carbocycles. The second-order valence-electron chi connectivity index (χ2n) is 9.85. The Bertz CT molecular complexity index is 1100. The topological polar surface area (TPSA) is 84.9 Å². The number of rotatable bonds is 6. The predicted octanol–water partition coefficient (Wildman–Crippen LogP) is 4.04. The van der Waals surface area contributed by atoms with Crippen LogP contribution in [-0.2, 0) is 17.8 Å². The van der Waals surface area contributed by atoms with Gasteiger partial charge < -0.3 is 19.3 Å². The van der Waals surface area contributed by atoms with E-state index >= 15 is 0 Å². The molecule has 4 aliphatic heterocycles. The molecule has 1 saturated carbocycles. The van der Waals surface area contributed by atoms with E-state index in [0.29, 0.717) is 47.3 Å². The van der Waals surface area contributed by atoms with Gasteiger partial charge in [-0.2, -0.15) is 0 Å². The van der Waals surface area contributed by atoms with Gasteiger partial charge in [0.25, 0.3) is 0 Å². The first-order chi connectivity index (χ1) is 16.0. The van der Waals surface area contributed by atoms with Gasteiger partial charge in [-0.15, -0.1) is 0 Å². The number of ether oxygens (including phenoxy) is 1. The Morgan fingerprint density at radius 1 is 1.24 bits per heavy atom. The maximum absolute atomic E-state index is 14.2. The molecule has 0 amide bonds. The van der Waals surface area contributed by atoms with Gasteiger partial charge in [-0.05, 0) is 86.4 Å². The number of carboxylic acids is 1. The van der Waals surface area contributed by atoms with Gasteiger partial charge in [0.1, 0.15) is 34.2 Å². The van der Waals surface area contributed by atoms with Crippen molar-refractivity contribution in [1.82, 2.24) is 4.90 Å². The molecule has 2 aromatic rings. The number of hydrogen-bond donors (Lipinski definition) is 2. The summed E-state index contributed by atoms with van der Waals surface area (Å²) in [6.45, 7) is 3.77. The number of hydrogen-bond acceptors (Lipinski definition) is 5. The fourth-order valence-corrected chi connectivity index (χ4v) is 7.04. The standard InChI is InChI=1S/C25H27FN2O4S/c26-18-1-4-22(15(10-18)9-16-12-28-7-5-14(16)6-8-28)33(31)27-21-3-2-19-20-11-17(20)13-32-24(19)23(21)25(29)30/h1-4,10,14,16-17,20,27H,5-9,11-13H2,(H,29,30)/t16?,17-,20-,33?/m0/s1. The smallest absolute Gasteiger partial charge is 0.341 e. The number of halogens is 1. The molecule has 3 saturated heterocycles. The van der Waals surface area contributed by atoms with Gasteiger partial charge in [0.15, 0.2) is 4.90 Å². The van der Waals surface area contributed by atoms with Gasteiger partial charge in [-0.3, -0.25) is 0 Å². The third-order valence-corrected chi connectivity index (χ3v) is 9.07. The van der Waals surface area contributed by atoms with E-state index in [9.17, 15) is 18.8 Å². The van der Waals surface area contributed by atoms with Crippen LogP contribution in [0.5, 0.6) is 5.75 Å². The SMILES string of the molecule is O=C(O)c1c(N[S+]([O-])c2ccc(F)cc2CC2CN3CCC2CC3)ccc2c1OC[C@@H]1C[C@H]21. The van der Waals surface area contributed by atoms with Crippen LogP contribution in [0.2, 0.25) is 0 Å². The van der Waals surface area contributed by atoms with Crippen LogP contribution in [0.25, 0.3) is 0 Å². The van der Waals surface area contributed by atoms with E-state index in [1.54, 1.807) is 12.1 Å². The maximum atomic E-state index is 14.2. The molecule has 1 aliphatic carbocycles. The lowest BCUT2D eigenvalue weighted by molar-refractivity contribution is 0.0509. The molecule has 4 fully saturated rings. The van der Waals surface area contributed by atoms with E-state index in [2.05, 4.69) is 9.62 Å². The Hall–Kier alpha value is -2.29. The number of carbonyl (C=O) groups is 1. The molecule has 2 unspecified atom stereocenters. The van der Waals surface area contributed by atoms with E-state index in [4.69, 9.17) is 4.74 Å². The van der Waals surface area contributed by atoms with E-state index in [-0.39, 0.29) is 17.1 Å². The lowest BCUT2D eigenvalue weighted by Gasteiger charge is -2.45. The monoisotopic (exact) mass is 470 g/mol. The molecule has 0 aromatic heterocycles. The summed E-state index contributed by atoms with van der Waals surface area (Å²) < 4.78 is 36.2. The number of fused-ring (bicyclic) bond motifs is 6. The van der Waals surface area contributed by atoms with Crippen LogP contribution in [0, 0.1) is 23.6 Å². The molecule has 2 bridgehead atoms. The van der Waals surface area contributed by atoms with Crippen molar-refractivity contribution >= 4 is 23.0 Å². The van der Waals surface area contributed by atoms with E-state index in [0.717, 1.165) is 50.0 Å². The minimum absolute atomic E-state index is 0.0206. The van der Waals surface area contributed by atoms with Gasteiger partial charge in [0.05, 0.1) is 6.61 Å². The average Bonchev–Trinajstić information content (AvgIpc) is 3.60. The lowest BCUT2D eigenvalue weighted by Crippen LogP contribution is -2.48. The Kier molecular flexibility index (Phi) is 5.27. The van der Waals surface area contributed by atoms with Crippen molar-refractivity contribution in [1.29, 1.82) is 0 Å². The first-order valence-corrected chi connectivity index (χ1v) is 12.8. The largest absolute Gasteiger partial charge is 0.588 e. The molecule has 6 nitrogen and oxygen atoms in total. The number of nitrogens with one attached hydrogen (secondary N) is 1. The summed E-state index contributed by atoms with van der Waals surface area (Å²) in [6, 6.07) is 7.91. The molecule has 7 rings (SSSR count). The zero-order chi connectivity index (χ0) is 22.7. The Labute approximate surface area is 195 Å². The molecular weight excluding hydrogens is 443 g/mol. The third-order valence-electron chi connectivity index (χ3n) is 7.86. The average molecular weight is 471 g/mol. The van der Waals surface area contributed by atoms with Crippen molar-refractivity contribution in [2.45, 2.75) is 36.5 Å². The molecule has 174 valence electrons. The third kappa shape index (κ3) is 3.88. The maximum Gasteiger partial charge on any atom is 0.341 e. The summed E-state index contributed by atoms with van der Waals surface area (Å²) in [4.78, 5) is 15.1. The van der Waals surface area contributed by atoms with Crippen molar-refractivity contribution in [3.8, 4) is 5.75 Å². The van der Waals surface area contributed by atoms with E-state index in [1.807, 2.05) is 6.07 Å². The molecular formula is C25H27FN2O4S. The van der Waals surface area contributed by atoms with Gasteiger partial charge in [0.2, 0.25) is 0 Å². The van der Waals surface area contributed by atoms with Gasteiger partial charge in [0, 0.05) is 18.0 Å². The number of carboxylic acid groups (broad SMARTS) is 1. The summed E-state index contributed by atoms with van der Waals surface area (Å²) >= 11 is -1.74. The molecule has 33 heavy (non-hydrogen) atoms. The Morgan fingerprint density at radius 2 is 2.06 bits per heavy atom. The Morgan fingerprint density at radius 3 is 2.79 bits per heavy atom. The summed E-state index contributed by atoms with van der Waals surface area (Å²) in [5.74, 6) is 0.793. The second-order valence-corrected chi connectivity index (χ2v) is 11.0. The van der Waals surface area contributed by atoms with Crippen molar-refractivity contribution in [2.24, 2.45) is 17.8 Å². The van der Waals surface area contributed by atoms with E-state index in [1.165, 1.54) is 12.1 Å². The number of aromatic carboxylic acids is 1. The Balaban J connectivity index is 1.28. The van der Waals surface area contributed by atoms with Crippen LogP contribution in [0.15, 0.2) is 35.2 Å². The molecule has 2 N–H and O–H groups in total. The number of benzene rings is 2. The number of piperidine rings is 3. The van der Waals surface area contributed by atoms with Crippen molar-refractivity contribution in [3.63, 3.8) is 0 Å². The zero-order valence-corrected chi connectivity index (χ0v) is 19.1. The molecule has 4 atom stereocenters. The van der Waals surface area contributed by atoms with Crippen LogP contribution in [-0.4, -0.2) is 46.8 Å². The highest BCUT2D eigenvalue weighted by atomic mass is 32.2. The predicted molar refractivity (Wildman–Crippen MR) is 123 cm³/mol. The molecule has 0 radical (unpaired) electrons. The summed E-state index contributed by atoms with van der Waals surface area (Å²) in [5, 5.41) is 9.90. The van der Waals surface area contributed by atoms with Crippen LogP contribution in [0.1, 0.15) is 46.7 Å². The highest BCUT2D eigenvalue weighted by molar-refractivity contribution is 7.92. The first-order valence-electron chi connectivity index (χ1n) is 11.7. The number of nitrogens with zero attached hydrogens (tertiary/aromatic N) is 1. The summed E-state index contributed by atoms with van der Waals surface area (Å²) in [6.07, 6.45) is 4.01. The fraction of sp³-hybridized carbons (Fsp3) is 0.480. The van der Waals surface area contributed by atoms with Crippen LogP contribution in [0.3, 0.4) is 0 Å². The summed E-state index contributed by atoms with van der Waals surface area (Å²) in [7, 11) is 0. The normalized spacial score (nSPS) is 30.1. The van der Waals surface area contributed by atoms with Crippen molar-refractivity contribution in [3.05, 3.63) is 52.8 Å². The second kappa shape index (κ2) is 8.18. The zero-order valence-electron chi connectivity index (χ0n) is 18.3. The highest BCUT2D eigenvalue weighted by Gasteiger charge is 2.45. The van der Waals surface area contributed by atoms with Gasteiger partial charge >= 0.3 is 5.97 Å². The van der Waals surface area contributed by atoms with Crippen molar-refractivity contribution in [2.75, 3.05) is 31.0 Å².